The van der Waals surface area contributed by atoms with Crippen LogP contribution in [0.3, 0.4) is 0 Å². The number of amides is 1. The van der Waals surface area contributed by atoms with E-state index in [0.717, 1.165) is 29.9 Å². The number of carbonyl (C=O) groups excluding carboxylic acids is 1. The van der Waals surface area contributed by atoms with Gasteiger partial charge in [-0.15, -0.1) is 10.2 Å². The molecule has 0 atom stereocenters. The molecule has 2 aromatic rings. The average Bonchev–Trinajstić information content (AvgIpc) is 3.32. The van der Waals surface area contributed by atoms with Gasteiger partial charge in [0.15, 0.2) is 0 Å². The molecule has 2 N–H and O–H groups in total. The first-order chi connectivity index (χ1) is 11.3. The first-order valence-electron chi connectivity index (χ1n) is 8.18. The molecule has 0 saturated heterocycles. The van der Waals surface area contributed by atoms with Gasteiger partial charge >= 0.3 is 0 Å². The zero-order chi connectivity index (χ0) is 16.1. The van der Waals surface area contributed by atoms with E-state index in [1.54, 1.807) is 6.33 Å². The highest BCUT2D eigenvalue weighted by molar-refractivity contribution is 5.95. The van der Waals surface area contributed by atoms with E-state index in [0.29, 0.717) is 19.0 Å². The van der Waals surface area contributed by atoms with Gasteiger partial charge in [0.25, 0.3) is 5.91 Å². The SMILES string of the molecule is CNCCc1ccccc1C(=O)NCCn1cnnc1C1CC1. The van der Waals surface area contributed by atoms with Crippen molar-refractivity contribution in [3.05, 3.63) is 47.5 Å². The molecule has 122 valence electrons. The summed E-state index contributed by atoms with van der Waals surface area (Å²) < 4.78 is 2.05. The van der Waals surface area contributed by atoms with Gasteiger partial charge in [-0.25, -0.2) is 0 Å². The van der Waals surface area contributed by atoms with Gasteiger partial charge < -0.3 is 15.2 Å². The zero-order valence-electron chi connectivity index (χ0n) is 13.5. The Balaban J connectivity index is 1.56. The Morgan fingerprint density at radius 3 is 2.91 bits per heavy atom. The molecule has 0 bridgehead atoms. The first kappa shape index (κ1) is 15.7. The van der Waals surface area contributed by atoms with Crippen LogP contribution in [0.25, 0.3) is 0 Å². The van der Waals surface area contributed by atoms with Gasteiger partial charge in [0.2, 0.25) is 0 Å². The van der Waals surface area contributed by atoms with Crippen molar-refractivity contribution < 1.29 is 4.79 Å². The normalized spacial score (nSPS) is 14.0. The lowest BCUT2D eigenvalue weighted by Crippen LogP contribution is -2.28. The third kappa shape index (κ3) is 3.96. The lowest BCUT2D eigenvalue weighted by atomic mass is 10.0. The smallest absolute Gasteiger partial charge is 0.251 e. The summed E-state index contributed by atoms with van der Waals surface area (Å²) in [4.78, 5) is 12.4. The molecule has 1 saturated carbocycles. The van der Waals surface area contributed by atoms with E-state index in [2.05, 4.69) is 20.8 Å². The Morgan fingerprint density at radius 2 is 2.13 bits per heavy atom. The fourth-order valence-corrected chi connectivity index (χ4v) is 2.70. The molecule has 1 aromatic heterocycles. The maximum absolute atomic E-state index is 12.4. The molecule has 1 amide bonds. The molecule has 6 heteroatoms. The Hall–Kier alpha value is -2.21. The van der Waals surface area contributed by atoms with E-state index in [9.17, 15) is 4.79 Å². The van der Waals surface area contributed by atoms with Gasteiger partial charge in [-0.2, -0.15) is 0 Å². The lowest BCUT2D eigenvalue weighted by molar-refractivity contribution is 0.0951. The van der Waals surface area contributed by atoms with Crippen molar-refractivity contribution in [2.45, 2.75) is 31.7 Å². The molecule has 1 aliphatic carbocycles. The summed E-state index contributed by atoms with van der Waals surface area (Å²) in [7, 11) is 1.92. The van der Waals surface area contributed by atoms with Crippen LogP contribution in [-0.2, 0) is 13.0 Å². The van der Waals surface area contributed by atoms with Crippen LogP contribution in [0.4, 0.5) is 0 Å². The second-order valence-electron chi connectivity index (χ2n) is 5.92. The van der Waals surface area contributed by atoms with Crippen molar-refractivity contribution in [3.8, 4) is 0 Å². The fraction of sp³-hybridized carbons (Fsp3) is 0.471. The quantitative estimate of drug-likeness (QED) is 0.771. The van der Waals surface area contributed by atoms with Crippen LogP contribution in [0.5, 0.6) is 0 Å². The average molecular weight is 313 g/mol. The van der Waals surface area contributed by atoms with E-state index >= 15 is 0 Å². The van der Waals surface area contributed by atoms with Crippen LogP contribution in [0.15, 0.2) is 30.6 Å². The van der Waals surface area contributed by atoms with Gasteiger partial charge in [-0.1, -0.05) is 18.2 Å². The Labute approximate surface area is 136 Å². The van der Waals surface area contributed by atoms with Crippen molar-refractivity contribution >= 4 is 5.91 Å². The first-order valence-corrected chi connectivity index (χ1v) is 8.18. The van der Waals surface area contributed by atoms with Crippen molar-refractivity contribution in [2.24, 2.45) is 0 Å². The predicted molar refractivity (Wildman–Crippen MR) is 88.4 cm³/mol. The maximum atomic E-state index is 12.4. The van der Waals surface area contributed by atoms with Crippen molar-refractivity contribution in [2.75, 3.05) is 20.1 Å². The van der Waals surface area contributed by atoms with Crippen LogP contribution < -0.4 is 10.6 Å². The summed E-state index contributed by atoms with van der Waals surface area (Å²) in [5.41, 5.74) is 1.83. The molecule has 3 rings (SSSR count). The Morgan fingerprint density at radius 1 is 1.30 bits per heavy atom. The molecule has 0 radical (unpaired) electrons. The molecule has 23 heavy (non-hydrogen) atoms. The van der Waals surface area contributed by atoms with Crippen molar-refractivity contribution in [1.82, 2.24) is 25.4 Å². The van der Waals surface area contributed by atoms with Crippen LogP contribution >= 0.6 is 0 Å². The van der Waals surface area contributed by atoms with E-state index in [1.165, 1.54) is 12.8 Å². The number of hydrogen-bond donors (Lipinski definition) is 2. The molecular formula is C17H23N5O. The molecule has 1 heterocycles. The Kier molecular flexibility index (Phi) is 5.02. The maximum Gasteiger partial charge on any atom is 0.251 e. The summed E-state index contributed by atoms with van der Waals surface area (Å²) in [5.74, 6) is 1.60. The lowest BCUT2D eigenvalue weighted by Gasteiger charge is -2.11. The largest absolute Gasteiger partial charge is 0.350 e. The molecule has 0 unspecified atom stereocenters. The molecule has 0 spiro atoms. The summed E-state index contributed by atoms with van der Waals surface area (Å²) in [6.45, 7) is 2.15. The van der Waals surface area contributed by atoms with Gasteiger partial charge in [0, 0.05) is 24.6 Å². The summed E-state index contributed by atoms with van der Waals surface area (Å²) in [6, 6.07) is 7.77. The molecule has 1 aliphatic rings. The highest BCUT2D eigenvalue weighted by Gasteiger charge is 2.28. The standard InChI is InChI=1S/C17H23N5O/c1-18-9-8-13-4-2-3-5-15(13)17(23)19-10-11-22-12-20-21-16(22)14-6-7-14/h2-5,12,14,18H,6-11H2,1H3,(H,19,23). The second kappa shape index (κ2) is 7.37. The van der Waals surface area contributed by atoms with E-state index in [1.807, 2.05) is 35.9 Å². The second-order valence-corrected chi connectivity index (χ2v) is 5.92. The van der Waals surface area contributed by atoms with Crippen molar-refractivity contribution in [3.63, 3.8) is 0 Å². The zero-order valence-corrected chi connectivity index (χ0v) is 13.5. The molecular weight excluding hydrogens is 290 g/mol. The van der Waals surface area contributed by atoms with Gasteiger partial charge in [-0.3, -0.25) is 4.79 Å². The van der Waals surface area contributed by atoms with Gasteiger partial charge in [0.1, 0.15) is 12.2 Å². The number of rotatable bonds is 8. The number of hydrogen-bond acceptors (Lipinski definition) is 4. The van der Waals surface area contributed by atoms with Gasteiger partial charge in [-0.05, 0) is 44.5 Å². The number of nitrogens with one attached hydrogen (secondary N) is 2. The number of aromatic nitrogens is 3. The molecule has 1 fully saturated rings. The van der Waals surface area contributed by atoms with E-state index in [4.69, 9.17) is 0 Å². The number of benzene rings is 1. The molecule has 1 aromatic carbocycles. The van der Waals surface area contributed by atoms with E-state index < -0.39 is 0 Å². The summed E-state index contributed by atoms with van der Waals surface area (Å²) in [6.07, 6.45) is 4.99. The molecule has 6 nitrogen and oxygen atoms in total. The predicted octanol–water partition coefficient (Wildman–Crippen LogP) is 1.35. The van der Waals surface area contributed by atoms with Crippen LogP contribution in [-0.4, -0.2) is 40.8 Å². The number of nitrogens with zero attached hydrogens (tertiary/aromatic N) is 3. The highest BCUT2D eigenvalue weighted by atomic mass is 16.1. The number of carbonyl (C=O) groups is 1. The fourth-order valence-electron chi connectivity index (χ4n) is 2.70. The van der Waals surface area contributed by atoms with E-state index in [-0.39, 0.29) is 5.91 Å². The minimum atomic E-state index is -0.0160. The number of likely N-dealkylation sites (N-methyl/N-ethyl adjacent to an activating group) is 1. The van der Waals surface area contributed by atoms with Gasteiger partial charge in [0.05, 0.1) is 0 Å². The van der Waals surface area contributed by atoms with Crippen LogP contribution in [0.2, 0.25) is 0 Å². The third-order valence-electron chi connectivity index (χ3n) is 4.13. The molecule has 0 aliphatic heterocycles. The summed E-state index contributed by atoms with van der Waals surface area (Å²) >= 11 is 0. The van der Waals surface area contributed by atoms with Crippen LogP contribution in [0.1, 0.15) is 40.5 Å². The summed E-state index contributed by atoms with van der Waals surface area (Å²) in [5, 5.41) is 14.3. The minimum absolute atomic E-state index is 0.0160. The Bertz CT molecular complexity index is 663. The minimum Gasteiger partial charge on any atom is -0.350 e. The van der Waals surface area contributed by atoms with Crippen LogP contribution in [0, 0.1) is 0 Å². The highest BCUT2D eigenvalue weighted by Crippen LogP contribution is 2.38. The topological polar surface area (TPSA) is 71.8 Å². The third-order valence-corrected chi connectivity index (χ3v) is 4.13. The monoisotopic (exact) mass is 313 g/mol. The van der Waals surface area contributed by atoms with Crippen molar-refractivity contribution in [1.29, 1.82) is 0 Å².